The van der Waals surface area contributed by atoms with Crippen LogP contribution in [0.25, 0.3) is 0 Å². The molecule has 2 heterocycles. The Morgan fingerprint density at radius 1 is 1.19 bits per heavy atom. The lowest BCUT2D eigenvalue weighted by molar-refractivity contribution is -0.00573. The van der Waals surface area contributed by atoms with Crippen LogP contribution in [0.3, 0.4) is 0 Å². The maximum Gasteiger partial charge on any atom is 0.253 e. The molecular formula is C21H19BrClNO3. The predicted molar refractivity (Wildman–Crippen MR) is 108 cm³/mol. The number of nitrogens with zero attached hydrogens (tertiary/aromatic N) is 1. The molecule has 0 aromatic heterocycles. The van der Waals surface area contributed by atoms with Gasteiger partial charge in [0.05, 0.1) is 12.0 Å². The van der Waals surface area contributed by atoms with Gasteiger partial charge in [-0.15, -0.1) is 0 Å². The van der Waals surface area contributed by atoms with Crippen LogP contribution in [0.15, 0.2) is 40.9 Å². The van der Waals surface area contributed by atoms with Crippen LogP contribution in [-0.4, -0.2) is 35.3 Å². The van der Waals surface area contributed by atoms with Gasteiger partial charge in [-0.05, 0) is 48.9 Å². The number of piperidine rings is 1. The van der Waals surface area contributed by atoms with E-state index in [0.29, 0.717) is 54.3 Å². The van der Waals surface area contributed by atoms with E-state index in [0.717, 1.165) is 10.0 Å². The molecule has 1 fully saturated rings. The van der Waals surface area contributed by atoms with Crippen LogP contribution in [-0.2, 0) is 0 Å². The van der Waals surface area contributed by atoms with E-state index in [2.05, 4.69) is 15.9 Å². The summed E-state index contributed by atoms with van der Waals surface area (Å²) < 4.78 is 7.24. The Balaban J connectivity index is 1.50. The van der Waals surface area contributed by atoms with Gasteiger partial charge in [-0.25, -0.2) is 0 Å². The third-order valence-corrected chi connectivity index (χ3v) is 6.36. The van der Waals surface area contributed by atoms with Crippen molar-refractivity contribution in [1.29, 1.82) is 0 Å². The van der Waals surface area contributed by atoms with Gasteiger partial charge >= 0.3 is 0 Å². The molecule has 0 atom stereocenters. The molecule has 0 radical (unpaired) electrons. The SMILES string of the molecule is Cc1cc2c(cc1Cl)C(=O)CC1(CCN(C(=O)c3ccc(Br)cc3)CC1)O2. The molecule has 0 saturated carbocycles. The third-order valence-electron chi connectivity index (χ3n) is 5.42. The van der Waals surface area contributed by atoms with Crippen molar-refractivity contribution < 1.29 is 14.3 Å². The van der Waals surface area contributed by atoms with Crippen LogP contribution >= 0.6 is 27.5 Å². The highest BCUT2D eigenvalue weighted by Gasteiger charge is 2.43. The maximum absolute atomic E-state index is 12.7. The molecule has 6 heteroatoms. The zero-order valence-electron chi connectivity index (χ0n) is 14.9. The predicted octanol–water partition coefficient (Wildman–Crippen LogP) is 5.05. The van der Waals surface area contributed by atoms with Crippen molar-refractivity contribution in [2.24, 2.45) is 0 Å². The lowest BCUT2D eigenvalue weighted by Crippen LogP contribution is -2.52. The van der Waals surface area contributed by atoms with Gasteiger partial charge in [0, 0.05) is 41.0 Å². The fraction of sp³-hybridized carbons (Fsp3) is 0.333. The molecular weight excluding hydrogens is 430 g/mol. The average molecular weight is 449 g/mol. The molecule has 2 aromatic rings. The Morgan fingerprint density at radius 3 is 2.52 bits per heavy atom. The maximum atomic E-state index is 12.7. The fourth-order valence-electron chi connectivity index (χ4n) is 3.79. The van der Waals surface area contributed by atoms with Gasteiger partial charge in [0.1, 0.15) is 11.4 Å². The number of hydrogen-bond donors (Lipinski definition) is 0. The fourth-order valence-corrected chi connectivity index (χ4v) is 4.21. The number of fused-ring (bicyclic) bond motifs is 1. The number of aryl methyl sites for hydroxylation is 1. The van der Waals surface area contributed by atoms with E-state index in [-0.39, 0.29) is 11.7 Å². The number of halogens is 2. The number of benzene rings is 2. The van der Waals surface area contributed by atoms with E-state index >= 15 is 0 Å². The summed E-state index contributed by atoms with van der Waals surface area (Å²) in [4.78, 5) is 27.2. The Bertz CT molecular complexity index is 918. The van der Waals surface area contributed by atoms with Crippen LogP contribution in [0.2, 0.25) is 5.02 Å². The van der Waals surface area contributed by atoms with Gasteiger partial charge in [-0.3, -0.25) is 9.59 Å². The highest BCUT2D eigenvalue weighted by molar-refractivity contribution is 9.10. The highest BCUT2D eigenvalue weighted by Crippen LogP contribution is 2.41. The van der Waals surface area contributed by atoms with E-state index in [4.69, 9.17) is 16.3 Å². The van der Waals surface area contributed by atoms with Crippen molar-refractivity contribution in [3.8, 4) is 5.75 Å². The second-order valence-corrected chi connectivity index (χ2v) is 8.60. The Hall–Kier alpha value is -1.85. The van der Waals surface area contributed by atoms with E-state index in [1.54, 1.807) is 6.07 Å². The summed E-state index contributed by atoms with van der Waals surface area (Å²) in [5.74, 6) is 0.689. The molecule has 1 saturated heterocycles. The van der Waals surface area contributed by atoms with Crippen LogP contribution in [0.1, 0.15) is 45.5 Å². The van der Waals surface area contributed by atoms with E-state index in [1.165, 1.54) is 0 Å². The minimum Gasteiger partial charge on any atom is -0.486 e. The molecule has 0 bridgehead atoms. The number of rotatable bonds is 1. The van der Waals surface area contributed by atoms with E-state index < -0.39 is 5.60 Å². The molecule has 2 aliphatic heterocycles. The molecule has 2 aromatic carbocycles. The molecule has 140 valence electrons. The number of carbonyl (C=O) groups excluding carboxylic acids is 2. The second kappa shape index (κ2) is 6.95. The third kappa shape index (κ3) is 3.50. The van der Waals surface area contributed by atoms with Crippen molar-refractivity contribution in [3.63, 3.8) is 0 Å². The number of carbonyl (C=O) groups is 2. The molecule has 4 rings (SSSR count). The van der Waals surface area contributed by atoms with Crippen molar-refractivity contribution in [3.05, 3.63) is 62.6 Å². The summed E-state index contributed by atoms with van der Waals surface area (Å²) >= 11 is 9.54. The van der Waals surface area contributed by atoms with Crippen LogP contribution in [0, 0.1) is 6.92 Å². The summed E-state index contributed by atoms with van der Waals surface area (Å²) in [5.41, 5.74) is 1.60. The zero-order valence-corrected chi connectivity index (χ0v) is 17.3. The molecule has 0 N–H and O–H groups in total. The Kier molecular flexibility index (Phi) is 4.77. The summed E-state index contributed by atoms with van der Waals surface area (Å²) in [6.07, 6.45) is 1.62. The van der Waals surface area contributed by atoms with Crippen LogP contribution in [0.4, 0.5) is 0 Å². The first-order valence-corrected chi connectivity index (χ1v) is 10.1. The number of Topliss-reactive ketones (excluding diaryl/α,β-unsaturated/α-hetero) is 1. The van der Waals surface area contributed by atoms with Crippen molar-refractivity contribution in [2.45, 2.75) is 31.8 Å². The normalized spacial score (nSPS) is 18.2. The van der Waals surface area contributed by atoms with Crippen molar-refractivity contribution >= 4 is 39.2 Å². The second-order valence-electron chi connectivity index (χ2n) is 7.28. The minimum atomic E-state index is -0.527. The standard InChI is InChI=1S/C21H19BrClNO3/c1-13-10-19-16(11-17(13)23)18(25)12-21(27-19)6-8-24(9-7-21)20(26)14-2-4-15(22)5-3-14/h2-5,10-11H,6-9,12H2,1H3. The molecule has 0 aliphatic carbocycles. The highest BCUT2D eigenvalue weighted by atomic mass is 79.9. The number of hydrogen-bond acceptors (Lipinski definition) is 3. The molecule has 4 nitrogen and oxygen atoms in total. The monoisotopic (exact) mass is 447 g/mol. The van der Waals surface area contributed by atoms with E-state index in [9.17, 15) is 9.59 Å². The summed E-state index contributed by atoms with van der Waals surface area (Å²) in [5, 5.41) is 0.580. The largest absolute Gasteiger partial charge is 0.486 e. The quantitative estimate of drug-likeness (QED) is 0.613. The van der Waals surface area contributed by atoms with Crippen molar-refractivity contribution in [2.75, 3.05) is 13.1 Å². The smallest absolute Gasteiger partial charge is 0.253 e. The Morgan fingerprint density at radius 2 is 1.85 bits per heavy atom. The summed E-state index contributed by atoms with van der Waals surface area (Å²) in [6, 6.07) is 10.9. The van der Waals surface area contributed by atoms with Gasteiger partial charge in [-0.1, -0.05) is 27.5 Å². The number of ketones is 1. The van der Waals surface area contributed by atoms with Crippen LogP contribution in [0.5, 0.6) is 5.75 Å². The minimum absolute atomic E-state index is 0.0162. The molecule has 2 aliphatic rings. The van der Waals surface area contributed by atoms with Gasteiger partial charge < -0.3 is 9.64 Å². The lowest BCUT2D eigenvalue weighted by Gasteiger charge is -2.44. The van der Waals surface area contributed by atoms with Crippen LogP contribution < -0.4 is 4.74 Å². The first-order chi connectivity index (χ1) is 12.9. The Labute approximate surface area is 171 Å². The van der Waals surface area contributed by atoms with E-state index in [1.807, 2.05) is 42.2 Å². The lowest BCUT2D eigenvalue weighted by atomic mass is 9.82. The zero-order chi connectivity index (χ0) is 19.2. The van der Waals surface area contributed by atoms with Gasteiger partial charge in [0.15, 0.2) is 5.78 Å². The average Bonchev–Trinajstić information content (AvgIpc) is 2.64. The number of ether oxygens (including phenoxy) is 1. The first-order valence-electron chi connectivity index (χ1n) is 8.94. The van der Waals surface area contributed by atoms with Gasteiger partial charge in [-0.2, -0.15) is 0 Å². The molecule has 1 amide bonds. The molecule has 27 heavy (non-hydrogen) atoms. The topological polar surface area (TPSA) is 46.6 Å². The molecule has 1 spiro atoms. The van der Waals surface area contributed by atoms with Gasteiger partial charge in [0.2, 0.25) is 0 Å². The summed E-state index contributed by atoms with van der Waals surface area (Å²) in [7, 11) is 0. The molecule has 0 unspecified atom stereocenters. The number of amides is 1. The van der Waals surface area contributed by atoms with Gasteiger partial charge in [0.25, 0.3) is 5.91 Å². The number of likely N-dealkylation sites (tertiary alicyclic amines) is 1. The first kappa shape index (κ1) is 18.5. The van der Waals surface area contributed by atoms with Crippen molar-refractivity contribution in [1.82, 2.24) is 4.90 Å². The summed E-state index contributed by atoms with van der Waals surface area (Å²) in [6.45, 7) is 3.05.